The summed E-state index contributed by atoms with van der Waals surface area (Å²) in [6.45, 7) is 0. The van der Waals surface area contributed by atoms with Crippen molar-refractivity contribution in [1.82, 2.24) is 9.97 Å². The summed E-state index contributed by atoms with van der Waals surface area (Å²) in [5.74, 6) is -11.3. The molecule has 0 saturated heterocycles. The fraction of sp³-hybridized carbons (Fsp3) is 0.182. The Morgan fingerprint density at radius 3 is 1.00 bits per heavy atom. The second kappa shape index (κ2) is 20.3. The van der Waals surface area contributed by atoms with Gasteiger partial charge in [-0.3, -0.25) is 19.6 Å². The van der Waals surface area contributed by atoms with Crippen molar-refractivity contribution >= 4 is 24.0 Å². The molecule has 0 aliphatic carbocycles. The maximum Gasteiger partial charge on any atom is 2.00 e. The monoisotopic (exact) mass is 721 g/mol. The Labute approximate surface area is 253 Å². The summed E-state index contributed by atoms with van der Waals surface area (Å²) in [5.41, 5.74) is 1.68. The third kappa shape index (κ3) is 22.5. The fourth-order valence-corrected chi connectivity index (χ4v) is 1.60. The summed E-state index contributed by atoms with van der Waals surface area (Å²) >= 11 is 0. The van der Waals surface area contributed by atoms with Gasteiger partial charge in [-0.15, -0.1) is 0 Å². The minimum absolute atomic E-state index is 0. The number of hydrogen-bond acceptors (Lipinski definition) is 10. The smallest absolute Gasteiger partial charge is 0.869 e. The van der Waals surface area contributed by atoms with Crippen molar-refractivity contribution in [3.63, 3.8) is 0 Å². The predicted molar refractivity (Wildman–Crippen MR) is 118 cm³/mol. The molecule has 0 bridgehead atoms. The largest absolute Gasteiger partial charge is 2.00 e. The van der Waals surface area contributed by atoms with Gasteiger partial charge in [0.05, 0.1) is 12.4 Å². The Morgan fingerprint density at radius 1 is 0.578 bits per heavy atom. The first-order valence-corrected chi connectivity index (χ1v) is 10.3. The van der Waals surface area contributed by atoms with E-state index in [1.807, 2.05) is 0 Å². The van der Waals surface area contributed by atoms with Crippen LogP contribution in [0.4, 0.5) is 52.7 Å². The summed E-state index contributed by atoms with van der Waals surface area (Å²) in [4.78, 5) is 27.2. The number of alkyl halides is 12. The molecule has 2 aromatic heterocycles. The van der Waals surface area contributed by atoms with Gasteiger partial charge in [0.15, 0.2) is 0 Å². The van der Waals surface area contributed by atoms with Gasteiger partial charge in [0.25, 0.3) is 11.6 Å². The van der Waals surface area contributed by atoms with Crippen LogP contribution in [0.15, 0.2) is 83.0 Å². The van der Waals surface area contributed by atoms with Crippen LogP contribution >= 0.6 is 0 Å². The Kier molecular flexibility index (Phi) is 20.2. The maximum atomic E-state index is 11.3. The molecule has 0 aromatic carbocycles. The van der Waals surface area contributed by atoms with E-state index in [1.165, 1.54) is 12.4 Å². The number of allylic oxidation sites excluding steroid dienone is 4. The van der Waals surface area contributed by atoms with Gasteiger partial charge in [-0.25, -0.2) is 0 Å². The van der Waals surface area contributed by atoms with Crippen molar-refractivity contribution in [2.24, 2.45) is 10.3 Å². The van der Waals surface area contributed by atoms with Gasteiger partial charge in [-0.1, -0.05) is 10.3 Å². The Hall–Kier alpha value is -4.66. The summed E-state index contributed by atoms with van der Waals surface area (Å²) < 4.78 is 136. The molecule has 0 aliphatic heterocycles. The number of rotatable bonds is 4. The molecule has 0 unspecified atom stereocenters. The Morgan fingerprint density at radius 2 is 0.822 bits per heavy atom. The summed E-state index contributed by atoms with van der Waals surface area (Å²) in [6, 6.07) is 7.00. The number of aromatic nitrogens is 2. The van der Waals surface area contributed by atoms with Crippen LogP contribution < -0.4 is 10.2 Å². The maximum absolute atomic E-state index is 11.3. The molecule has 253 valence electrons. The Bertz CT molecular complexity index is 1180. The molecule has 0 amide bonds. The summed E-state index contributed by atoms with van der Waals surface area (Å²) in [5, 5.41) is 41.5. The molecule has 45 heavy (non-hydrogen) atoms. The van der Waals surface area contributed by atoms with Gasteiger partial charge in [0, 0.05) is 24.8 Å². The van der Waals surface area contributed by atoms with E-state index in [-0.39, 0.29) is 17.1 Å². The number of pyridine rings is 2. The quantitative estimate of drug-likeness (QED) is 0.0917. The molecule has 0 atom stereocenters. The van der Waals surface area contributed by atoms with Gasteiger partial charge < -0.3 is 20.6 Å². The van der Waals surface area contributed by atoms with Crippen LogP contribution in [0.3, 0.4) is 0 Å². The van der Waals surface area contributed by atoms with E-state index in [1.54, 1.807) is 49.1 Å². The second-order valence-corrected chi connectivity index (χ2v) is 6.79. The average Bonchev–Trinajstić information content (AvgIpc) is 2.89. The zero-order valence-corrected chi connectivity index (χ0v) is 22.0. The second-order valence-electron chi connectivity index (χ2n) is 6.79. The zero-order chi connectivity index (χ0) is 34.8. The molecule has 0 spiro atoms. The van der Waals surface area contributed by atoms with Crippen molar-refractivity contribution in [3.05, 3.63) is 83.9 Å². The minimum Gasteiger partial charge on any atom is -0.869 e. The first-order chi connectivity index (χ1) is 20.0. The van der Waals surface area contributed by atoms with E-state index in [0.29, 0.717) is 0 Å². The van der Waals surface area contributed by atoms with Crippen LogP contribution in [0.25, 0.3) is 0 Å². The summed E-state index contributed by atoms with van der Waals surface area (Å²) in [6.07, 6.45) is -14.6. The molecular formula is C22H14CuF12N4O6. The van der Waals surface area contributed by atoms with Crippen LogP contribution in [-0.4, -0.2) is 69.1 Å². The molecule has 23 heteroatoms. The van der Waals surface area contributed by atoms with Crippen LogP contribution in [0, 0.1) is 0 Å². The molecule has 2 aromatic rings. The average molecular weight is 722 g/mol. The van der Waals surface area contributed by atoms with Crippen molar-refractivity contribution in [3.8, 4) is 0 Å². The first-order valence-electron chi connectivity index (χ1n) is 10.3. The van der Waals surface area contributed by atoms with E-state index in [4.69, 9.17) is 10.4 Å². The van der Waals surface area contributed by atoms with E-state index in [9.17, 15) is 72.5 Å². The number of carbonyl (C=O) groups is 2. The number of halogens is 12. The minimum atomic E-state index is -5.46. The predicted octanol–water partition coefficient (Wildman–Crippen LogP) is 3.63. The van der Waals surface area contributed by atoms with E-state index in [0.717, 1.165) is 11.1 Å². The van der Waals surface area contributed by atoms with E-state index in [2.05, 4.69) is 20.3 Å². The van der Waals surface area contributed by atoms with Gasteiger partial charge in [-0.2, -0.15) is 52.7 Å². The van der Waals surface area contributed by atoms with Crippen molar-refractivity contribution in [2.45, 2.75) is 24.7 Å². The molecule has 2 heterocycles. The first kappa shape index (κ1) is 44.8. The van der Waals surface area contributed by atoms with Crippen LogP contribution in [-0.2, 0) is 26.7 Å². The Balaban J connectivity index is -0.000000525. The summed E-state index contributed by atoms with van der Waals surface area (Å²) in [7, 11) is 0. The molecule has 0 aliphatic rings. The van der Waals surface area contributed by atoms with Crippen molar-refractivity contribution in [1.29, 1.82) is 0 Å². The SMILES string of the molecule is O/N=C/c1ccncc1.O/N=C/c1ccncc1.O=C(/C=C(\[O-])C(F)(F)F)C(F)(F)F.O=C(/C=C(\[O-])C(F)(F)F)C(F)(F)F.[Cu+2]. The number of ketones is 2. The van der Waals surface area contributed by atoms with Crippen molar-refractivity contribution in [2.75, 3.05) is 0 Å². The van der Waals surface area contributed by atoms with Crippen molar-refractivity contribution < 1.29 is 100.0 Å². The van der Waals surface area contributed by atoms with Crippen LogP contribution in [0.1, 0.15) is 11.1 Å². The van der Waals surface area contributed by atoms with Gasteiger partial charge in [-0.05, 0) is 59.1 Å². The van der Waals surface area contributed by atoms with Gasteiger partial charge >= 0.3 is 41.8 Å². The van der Waals surface area contributed by atoms with Gasteiger partial charge in [0.2, 0.25) is 0 Å². The third-order valence-electron chi connectivity index (χ3n) is 3.47. The topological polar surface area (TPSA) is 171 Å². The van der Waals surface area contributed by atoms with E-state index < -0.39 is 59.9 Å². The fourth-order valence-electron chi connectivity index (χ4n) is 1.60. The molecule has 10 nitrogen and oxygen atoms in total. The number of carbonyl (C=O) groups excluding carboxylic acids is 2. The standard InChI is InChI=1S/2C6H6N2O.2C5H2F6O2.Cu/c2*9-8-5-6-1-3-7-4-2-6;2*6-4(7,8)2(12)1-3(13)5(9,10)11;/h2*1-5,9H;2*1,12H;/q;;;;+2/p-2/b2*8-5+;2*2-1-;. The number of nitrogens with zero attached hydrogens (tertiary/aromatic N) is 4. The number of oxime groups is 2. The molecule has 2 N–H and O–H groups in total. The molecule has 1 radical (unpaired) electrons. The normalized spacial score (nSPS) is 12.4. The molecule has 0 fully saturated rings. The van der Waals surface area contributed by atoms with Gasteiger partial charge in [0.1, 0.15) is 0 Å². The molecule has 0 saturated carbocycles. The number of hydrogen-bond donors (Lipinski definition) is 2. The third-order valence-corrected chi connectivity index (χ3v) is 3.47. The van der Waals surface area contributed by atoms with E-state index >= 15 is 0 Å². The van der Waals surface area contributed by atoms with Crippen LogP contribution in [0.2, 0.25) is 0 Å². The van der Waals surface area contributed by atoms with Crippen LogP contribution in [0.5, 0.6) is 0 Å². The molecular weight excluding hydrogens is 708 g/mol. The zero-order valence-electron chi connectivity index (χ0n) is 21.1. The molecule has 2 rings (SSSR count).